The van der Waals surface area contributed by atoms with E-state index in [2.05, 4.69) is 35.6 Å². The van der Waals surface area contributed by atoms with E-state index in [4.69, 9.17) is 5.10 Å². The molecule has 0 spiro atoms. The molecule has 7 heteroatoms. The molecule has 2 saturated heterocycles. The Labute approximate surface area is 213 Å². The van der Waals surface area contributed by atoms with E-state index >= 15 is 0 Å². The van der Waals surface area contributed by atoms with Crippen LogP contribution in [0, 0.1) is 19.8 Å². The second-order valence-corrected chi connectivity index (χ2v) is 10.0. The van der Waals surface area contributed by atoms with Gasteiger partial charge in [0, 0.05) is 37.4 Å². The normalized spacial score (nSPS) is 19.3. The summed E-state index contributed by atoms with van der Waals surface area (Å²) in [5.41, 5.74) is 4.97. The Morgan fingerprint density at radius 3 is 2.33 bits per heavy atom. The van der Waals surface area contributed by atoms with Gasteiger partial charge in [-0.2, -0.15) is 5.10 Å². The Kier molecular flexibility index (Phi) is 7.18. The average Bonchev–Trinajstić information content (AvgIpc) is 3.19. The van der Waals surface area contributed by atoms with Crippen LogP contribution in [0.5, 0.6) is 0 Å². The summed E-state index contributed by atoms with van der Waals surface area (Å²) in [4.78, 5) is 30.5. The highest BCUT2D eigenvalue weighted by Crippen LogP contribution is 2.30. The smallest absolute Gasteiger partial charge is 0.242 e. The average molecular weight is 486 g/mol. The number of nitrogens with one attached hydrogen (secondary N) is 1. The van der Waals surface area contributed by atoms with Gasteiger partial charge in [-0.1, -0.05) is 48.5 Å². The van der Waals surface area contributed by atoms with Crippen molar-refractivity contribution < 1.29 is 9.59 Å². The molecule has 36 heavy (non-hydrogen) atoms. The van der Waals surface area contributed by atoms with Crippen LogP contribution in [-0.4, -0.2) is 64.1 Å². The quantitative estimate of drug-likeness (QED) is 0.581. The van der Waals surface area contributed by atoms with Crippen molar-refractivity contribution in [3.8, 4) is 5.69 Å². The minimum atomic E-state index is -0.518. The summed E-state index contributed by atoms with van der Waals surface area (Å²) in [7, 11) is 0. The van der Waals surface area contributed by atoms with E-state index in [1.54, 1.807) is 0 Å². The van der Waals surface area contributed by atoms with Crippen LogP contribution >= 0.6 is 0 Å². The van der Waals surface area contributed by atoms with Crippen LogP contribution in [0.25, 0.3) is 5.69 Å². The van der Waals surface area contributed by atoms with Gasteiger partial charge in [0.2, 0.25) is 11.8 Å². The molecule has 7 nitrogen and oxygen atoms in total. The number of aromatic nitrogens is 2. The molecule has 0 radical (unpaired) electrons. The zero-order valence-corrected chi connectivity index (χ0v) is 21.2. The maximum atomic E-state index is 13.3. The number of hydrogen-bond donors (Lipinski definition) is 1. The van der Waals surface area contributed by atoms with E-state index in [0.717, 1.165) is 55.0 Å². The van der Waals surface area contributed by atoms with Gasteiger partial charge in [0.05, 0.1) is 17.9 Å². The number of amides is 2. The summed E-state index contributed by atoms with van der Waals surface area (Å²) in [5, 5.41) is 7.75. The molecule has 0 aliphatic carbocycles. The number of carbonyl (C=O) groups excluding carboxylic acids is 2. The van der Waals surface area contributed by atoms with Crippen molar-refractivity contribution in [1.29, 1.82) is 0 Å². The lowest BCUT2D eigenvalue weighted by atomic mass is 9.90. The molecule has 2 fully saturated rings. The molecule has 5 rings (SSSR count). The topological polar surface area (TPSA) is 70.5 Å². The van der Waals surface area contributed by atoms with Gasteiger partial charge in [0.15, 0.2) is 0 Å². The molecule has 3 aromatic rings. The second kappa shape index (κ2) is 10.7. The third-order valence-electron chi connectivity index (χ3n) is 7.61. The minimum Gasteiger partial charge on any atom is -0.353 e. The lowest BCUT2D eigenvalue weighted by molar-refractivity contribution is -0.137. The molecular formula is C29H35N5O2. The summed E-state index contributed by atoms with van der Waals surface area (Å²) in [6.45, 7) is 6.95. The van der Waals surface area contributed by atoms with Crippen molar-refractivity contribution in [3.63, 3.8) is 0 Å². The standard InChI is InChI=1S/C29H35N5O2/c1-21-27(22(2)34(31-21)25-11-7-4-8-12-25)28-29(36)30-15-18-33(28)20-26(35)32-16-13-24(14-17-32)19-23-9-5-3-6-10-23/h3-12,24,28H,13-20H2,1-2H3,(H,30,36). The van der Waals surface area contributed by atoms with Crippen LogP contribution in [-0.2, 0) is 16.0 Å². The zero-order valence-electron chi connectivity index (χ0n) is 21.2. The van der Waals surface area contributed by atoms with Gasteiger partial charge in [-0.15, -0.1) is 0 Å². The highest BCUT2D eigenvalue weighted by atomic mass is 16.2. The fraction of sp³-hybridized carbons (Fsp3) is 0.414. The molecule has 3 heterocycles. The van der Waals surface area contributed by atoms with Crippen molar-refractivity contribution in [3.05, 3.63) is 83.2 Å². The van der Waals surface area contributed by atoms with Crippen LogP contribution in [0.1, 0.15) is 41.4 Å². The number of piperazine rings is 1. The van der Waals surface area contributed by atoms with E-state index in [0.29, 0.717) is 19.0 Å². The molecule has 2 aliphatic rings. The number of nitrogens with zero attached hydrogens (tertiary/aromatic N) is 4. The molecule has 188 valence electrons. The zero-order chi connectivity index (χ0) is 25.1. The summed E-state index contributed by atoms with van der Waals surface area (Å²) in [6, 6.07) is 20.0. The highest BCUT2D eigenvalue weighted by Gasteiger charge is 2.37. The van der Waals surface area contributed by atoms with Gasteiger partial charge in [-0.25, -0.2) is 4.68 Å². The van der Waals surface area contributed by atoms with Gasteiger partial charge in [0.25, 0.3) is 0 Å². The first kappa shape index (κ1) is 24.3. The summed E-state index contributed by atoms with van der Waals surface area (Å²) in [5.74, 6) is 0.659. The van der Waals surface area contributed by atoms with Crippen molar-refractivity contribution in [2.45, 2.75) is 39.2 Å². The molecule has 1 aromatic heterocycles. The van der Waals surface area contributed by atoms with Crippen molar-refractivity contribution in [2.75, 3.05) is 32.7 Å². The molecule has 1 unspecified atom stereocenters. The first-order valence-electron chi connectivity index (χ1n) is 13.0. The first-order valence-corrected chi connectivity index (χ1v) is 13.0. The Morgan fingerprint density at radius 1 is 0.972 bits per heavy atom. The van der Waals surface area contributed by atoms with Crippen LogP contribution in [0.3, 0.4) is 0 Å². The highest BCUT2D eigenvalue weighted by molar-refractivity contribution is 5.86. The molecule has 0 saturated carbocycles. The monoisotopic (exact) mass is 485 g/mol. The van der Waals surface area contributed by atoms with Crippen molar-refractivity contribution in [1.82, 2.24) is 24.9 Å². The maximum Gasteiger partial charge on any atom is 0.242 e. The SMILES string of the molecule is Cc1nn(-c2ccccc2)c(C)c1C1C(=O)NCCN1CC(=O)N1CCC(Cc2ccccc2)CC1. The Morgan fingerprint density at radius 2 is 1.64 bits per heavy atom. The Hall–Kier alpha value is -3.45. The van der Waals surface area contributed by atoms with E-state index in [-0.39, 0.29) is 18.4 Å². The third-order valence-corrected chi connectivity index (χ3v) is 7.61. The number of benzene rings is 2. The lowest BCUT2D eigenvalue weighted by Gasteiger charge is -2.38. The maximum absolute atomic E-state index is 13.3. The number of aryl methyl sites for hydroxylation is 1. The Bertz CT molecular complexity index is 1200. The van der Waals surface area contributed by atoms with E-state index in [9.17, 15) is 9.59 Å². The molecule has 1 atom stereocenters. The molecule has 2 amide bonds. The molecule has 0 bridgehead atoms. The predicted octanol–water partition coefficient (Wildman–Crippen LogP) is 3.44. The second-order valence-electron chi connectivity index (χ2n) is 10.0. The summed E-state index contributed by atoms with van der Waals surface area (Å²) < 4.78 is 1.89. The molecule has 2 aliphatic heterocycles. The third kappa shape index (κ3) is 5.07. The van der Waals surface area contributed by atoms with Crippen molar-refractivity contribution >= 4 is 11.8 Å². The number of likely N-dealkylation sites (tertiary alicyclic amines) is 1. The lowest BCUT2D eigenvalue weighted by Crippen LogP contribution is -2.54. The molecular weight excluding hydrogens is 450 g/mol. The van der Waals surface area contributed by atoms with Crippen LogP contribution < -0.4 is 5.32 Å². The van der Waals surface area contributed by atoms with E-state index < -0.39 is 6.04 Å². The predicted molar refractivity (Wildman–Crippen MR) is 140 cm³/mol. The van der Waals surface area contributed by atoms with Crippen LogP contribution in [0.2, 0.25) is 0 Å². The largest absolute Gasteiger partial charge is 0.353 e. The van der Waals surface area contributed by atoms with Crippen LogP contribution in [0.15, 0.2) is 60.7 Å². The summed E-state index contributed by atoms with van der Waals surface area (Å²) in [6.07, 6.45) is 3.11. The van der Waals surface area contributed by atoms with Gasteiger partial charge >= 0.3 is 0 Å². The minimum absolute atomic E-state index is 0.0607. The van der Waals surface area contributed by atoms with Crippen LogP contribution in [0.4, 0.5) is 0 Å². The fourth-order valence-electron chi connectivity index (χ4n) is 5.68. The van der Waals surface area contributed by atoms with Gasteiger partial charge in [0.1, 0.15) is 6.04 Å². The van der Waals surface area contributed by atoms with E-state index in [1.807, 2.05) is 58.7 Å². The number of para-hydroxylation sites is 1. The first-order chi connectivity index (χ1) is 17.5. The molecule has 1 N–H and O–H groups in total. The number of carbonyl (C=O) groups is 2. The van der Waals surface area contributed by atoms with Crippen molar-refractivity contribution in [2.24, 2.45) is 5.92 Å². The van der Waals surface area contributed by atoms with Gasteiger partial charge in [-0.05, 0) is 56.7 Å². The number of piperidine rings is 1. The molecule has 2 aromatic carbocycles. The van der Waals surface area contributed by atoms with E-state index in [1.165, 1.54) is 5.56 Å². The van der Waals surface area contributed by atoms with Gasteiger partial charge in [-0.3, -0.25) is 14.5 Å². The van der Waals surface area contributed by atoms with Gasteiger partial charge < -0.3 is 10.2 Å². The number of rotatable bonds is 6. The Balaban J connectivity index is 1.27. The number of hydrogen-bond acceptors (Lipinski definition) is 4. The fourth-order valence-corrected chi connectivity index (χ4v) is 5.68. The summed E-state index contributed by atoms with van der Waals surface area (Å²) >= 11 is 0.